The third-order valence-electron chi connectivity index (χ3n) is 2.67. The molecule has 0 unspecified atom stereocenters. The fourth-order valence-corrected chi connectivity index (χ4v) is 1.62. The maximum atomic E-state index is 13.0. The van der Waals surface area contributed by atoms with Gasteiger partial charge in [0, 0.05) is 20.1 Å². The average molecular weight is 281 g/mol. The topological polar surface area (TPSA) is 62.7 Å². The normalized spacial score (nSPS) is 11.1. The van der Waals surface area contributed by atoms with E-state index in [4.69, 9.17) is 0 Å². The lowest BCUT2D eigenvalue weighted by atomic mass is 10.1. The number of rotatable bonds is 6. The van der Waals surface area contributed by atoms with Crippen molar-refractivity contribution in [3.05, 3.63) is 35.6 Å². The van der Waals surface area contributed by atoms with Crippen LogP contribution in [-0.4, -0.2) is 39.2 Å². The molecule has 2 N–H and O–H groups in total. The molecule has 0 radical (unpaired) electrons. The van der Waals surface area contributed by atoms with Gasteiger partial charge >= 0.3 is 5.97 Å². The number of hydrogen-bond donors (Lipinski definition) is 2. The average Bonchev–Trinajstić information content (AvgIpc) is 2.45. The van der Waals surface area contributed by atoms with Crippen LogP contribution >= 0.6 is 0 Å². The minimum Gasteiger partial charge on any atom is -0.469 e. The predicted octanol–water partition coefficient (Wildman–Crippen LogP) is 1.10. The fourth-order valence-electron chi connectivity index (χ4n) is 1.62. The number of nitrogens with zero attached hydrogens (tertiary/aromatic N) is 1. The first-order valence-electron chi connectivity index (χ1n) is 6.41. The van der Waals surface area contributed by atoms with Gasteiger partial charge in [-0.3, -0.25) is 9.79 Å². The van der Waals surface area contributed by atoms with Crippen molar-refractivity contribution in [3.63, 3.8) is 0 Å². The largest absolute Gasteiger partial charge is 0.469 e. The molecule has 0 aromatic heterocycles. The van der Waals surface area contributed by atoms with Gasteiger partial charge in [-0.2, -0.15) is 0 Å². The summed E-state index contributed by atoms with van der Waals surface area (Å²) in [5.41, 5.74) is 0.919. The van der Waals surface area contributed by atoms with Crippen molar-refractivity contribution in [2.45, 2.75) is 12.8 Å². The standard InChI is InChI=1S/C14H20FN3O2/c1-16-14(18-9-7-13(19)20-2)17-8-6-11-4-3-5-12(15)10-11/h3-5,10H,6-9H2,1-2H3,(H2,16,17,18). The van der Waals surface area contributed by atoms with Crippen LogP contribution in [0.15, 0.2) is 29.3 Å². The molecular weight excluding hydrogens is 261 g/mol. The molecule has 0 atom stereocenters. The molecule has 0 aliphatic rings. The number of aliphatic imine (C=N–C) groups is 1. The summed E-state index contributed by atoms with van der Waals surface area (Å²) in [7, 11) is 3.00. The summed E-state index contributed by atoms with van der Waals surface area (Å²) in [5, 5.41) is 6.09. The van der Waals surface area contributed by atoms with Crippen molar-refractivity contribution >= 4 is 11.9 Å². The molecule has 20 heavy (non-hydrogen) atoms. The third kappa shape index (κ3) is 6.17. The molecule has 0 aliphatic carbocycles. The van der Waals surface area contributed by atoms with E-state index in [0.717, 1.165) is 5.56 Å². The van der Waals surface area contributed by atoms with Crippen LogP contribution < -0.4 is 10.6 Å². The minimum absolute atomic E-state index is 0.233. The van der Waals surface area contributed by atoms with E-state index >= 15 is 0 Å². The highest BCUT2D eigenvalue weighted by atomic mass is 19.1. The maximum Gasteiger partial charge on any atom is 0.307 e. The first-order chi connectivity index (χ1) is 9.65. The monoisotopic (exact) mass is 281 g/mol. The molecule has 6 heteroatoms. The van der Waals surface area contributed by atoms with Crippen molar-refractivity contribution in [1.29, 1.82) is 0 Å². The number of benzene rings is 1. The van der Waals surface area contributed by atoms with Crippen LogP contribution in [0.1, 0.15) is 12.0 Å². The summed E-state index contributed by atoms with van der Waals surface area (Å²) in [4.78, 5) is 15.0. The molecule has 0 fully saturated rings. The molecule has 0 heterocycles. The SMILES string of the molecule is CN=C(NCCC(=O)OC)NCCc1cccc(F)c1. The summed E-state index contributed by atoms with van der Waals surface area (Å²) >= 11 is 0. The van der Waals surface area contributed by atoms with Gasteiger partial charge in [-0.1, -0.05) is 12.1 Å². The molecule has 5 nitrogen and oxygen atoms in total. The number of hydrogen-bond acceptors (Lipinski definition) is 3. The Morgan fingerprint density at radius 1 is 1.35 bits per heavy atom. The lowest BCUT2D eigenvalue weighted by Gasteiger charge is -2.11. The second-order valence-electron chi connectivity index (χ2n) is 4.13. The number of carbonyl (C=O) groups is 1. The summed E-state index contributed by atoms with van der Waals surface area (Å²) in [6.07, 6.45) is 0.969. The smallest absolute Gasteiger partial charge is 0.307 e. The van der Waals surface area contributed by atoms with Gasteiger partial charge < -0.3 is 15.4 Å². The molecule has 1 rings (SSSR count). The van der Waals surface area contributed by atoms with Crippen molar-refractivity contribution in [3.8, 4) is 0 Å². The highest BCUT2D eigenvalue weighted by Crippen LogP contribution is 2.03. The fraction of sp³-hybridized carbons (Fsp3) is 0.429. The van der Waals surface area contributed by atoms with Crippen LogP contribution in [0.4, 0.5) is 4.39 Å². The lowest BCUT2D eigenvalue weighted by molar-refractivity contribution is -0.140. The van der Waals surface area contributed by atoms with Crippen LogP contribution in [-0.2, 0) is 16.0 Å². The Kier molecular flexibility index (Phi) is 7.10. The molecule has 0 amide bonds. The number of methoxy groups -OCH3 is 1. The number of guanidine groups is 1. The molecule has 0 spiro atoms. The Morgan fingerprint density at radius 3 is 2.75 bits per heavy atom. The summed E-state index contributed by atoms with van der Waals surface area (Å²) < 4.78 is 17.5. The van der Waals surface area contributed by atoms with Gasteiger partial charge in [0.25, 0.3) is 0 Å². The zero-order chi connectivity index (χ0) is 14.8. The zero-order valence-corrected chi connectivity index (χ0v) is 11.8. The Labute approximate surface area is 118 Å². The first-order valence-corrected chi connectivity index (χ1v) is 6.41. The Morgan fingerprint density at radius 2 is 2.10 bits per heavy atom. The van der Waals surface area contributed by atoms with Gasteiger partial charge in [0.15, 0.2) is 5.96 Å². The second-order valence-corrected chi connectivity index (χ2v) is 4.13. The van der Waals surface area contributed by atoms with Gasteiger partial charge in [0.2, 0.25) is 0 Å². The molecule has 1 aromatic carbocycles. The van der Waals surface area contributed by atoms with Crippen molar-refractivity contribution in [2.24, 2.45) is 4.99 Å². The van der Waals surface area contributed by atoms with E-state index < -0.39 is 0 Å². The van der Waals surface area contributed by atoms with E-state index in [1.807, 2.05) is 6.07 Å². The van der Waals surface area contributed by atoms with E-state index in [2.05, 4.69) is 20.4 Å². The van der Waals surface area contributed by atoms with Crippen molar-refractivity contribution in [1.82, 2.24) is 10.6 Å². The van der Waals surface area contributed by atoms with E-state index in [0.29, 0.717) is 25.5 Å². The van der Waals surface area contributed by atoms with Gasteiger partial charge in [0.1, 0.15) is 5.82 Å². The van der Waals surface area contributed by atoms with Crippen LogP contribution in [0, 0.1) is 5.82 Å². The molecule has 0 aliphatic heterocycles. The first kappa shape index (κ1) is 15.9. The van der Waals surface area contributed by atoms with E-state index in [1.54, 1.807) is 13.1 Å². The molecule has 0 bridgehead atoms. The number of nitrogens with one attached hydrogen (secondary N) is 2. The predicted molar refractivity (Wildman–Crippen MR) is 76.1 cm³/mol. The lowest BCUT2D eigenvalue weighted by Crippen LogP contribution is -2.39. The van der Waals surface area contributed by atoms with E-state index in [1.165, 1.54) is 19.2 Å². The van der Waals surface area contributed by atoms with Crippen LogP contribution in [0.5, 0.6) is 0 Å². The van der Waals surface area contributed by atoms with Crippen molar-refractivity contribution in [2.75, 3.05) is 27.2 Å². The van der Waals surface area contributed by atoms with E-state index in [-0.39, 0.29) is 18.2 Å². The zero-order valence-electron chi connectivity index (χ0n) is 11.8. The van der Waals surface area contributed by atoms with Gasteiger partial charge in [-0.25, -0.2) is 4.39 Å². The van der Waals surface area contributed by atoms with Gasteiger partial charge in [-0.15, -0.1) is 0 Å². The summed E-state index contributed by atoms with van der Waals surface area (Å²) in [6, 6.07) is 6.49. The highest BCUT2D eigenvalue weighted by molar-refractivity contribution is 5.80. The molecule has 110 valence electrons. The van der Waals surface area contributed by atoms with Crippen molar-refractivity contribution < 1.29 is 13.9 Å². The number of esters is 1. The Bertz CT molecular complexity index is 463. The highest BCUT2D eigenvalue weighted by Gasteiger charge is 2.02. The van der Waals surface area contributed by atoms with Gasteiger partial charge in [0.05, 0.1) is 13.5 Å². The van der Waals surface area contributed by atoms with E-state index in [9.17, 15) is 9.18 Å². The van der Waals surface area contributed by atoms with Crippen LogP contribution in [0.2, 0.25) is 0 Å². The quantitative estimate of drug-likeness (QED) is 0.465. The summed E-state index contributed by atoms with van der Waals surface area (Å²) in [6.45, 7) is 1.08. The minimum atomic E-state index is -0.271. The second kappa shape index (κ2) is 8.90. The van der Waals surface area contributed by atoms with Crippen LogP contribution in [0.25, 0.3) is 0 Å². The molecule has 0 saturated heterocycles. The third-order valence-corrected chi connectivity index (χ3v) is 2.67. The molecule has 0 saturated carbocycles. The Balaban J connectivity index is 2.26. The van der Waals surface area contributed by atoms with Gasteiger partial charge in [-0.05, 0) is 24.1 Å². The molecule has 1 aromatic rings. The van der Waals surface area contributed by atoms with Crippen LogP contribution in [0.3, 0.4) is 0 Å². The maximum absolute atomic E-state index is 13.0. The number of halogens is 1. The number of ether oxygens (including phenoxy) is 1. The Hall–Kier alpha value is -2.11. The molecular formula is C14H20FN3O2. The summed E-state index contributed by atoms with van der Waals surface area (Å²) in [5.74, 6) is 0.0982. The number of carbonyl (C=O) groups excluding carboxylic acids is 1.